The molecule has 0 saturated carbocycles. The summed E-state index contributed by atoms with van der Waals surface area (Å²) in [5.74, 6) is 3.53. The van der Waals surface area contributed by atoms with Crippen LogP contribution >= 0.6 is 0 Å². The van der Waals surface area contributed by atoms with E-state index in [1.54, 1.807) is 0 Å². The van der Waals surface area contributed by atoms with Crippen molar-refractivity contribution in [1.82, 2.24) is 9.97 Å². The summed E-state index contributed by atoms with van der Waals surface area (Å²) >= 11 is 0. The van der Waals surface area contributed by atoms with Gasteiger partial charge in [0.2, 0.25) is 0 Å². The van der Waals surface area contributed by atoms with E-state index in [4.69, 9.17) is 9.97 Å². The van der Waals surface area contributed by atoms with Crippen molar-refractivity contribution < 1.29 is 0 Å². The van der Waals surface area contributed by atoms with Crippen LogP contribution in [0.4, 0.5) is 17.3 Å². The molecule has 27 heavy (non-hydrogen) atoms. The maximum absolute atomic E-state index is 4.91. The first kappa shape index (κ1) is 19.7. The molecule has 2 heterocycles. The van der Waals surface area contributed by atoms with Crippen molar-refractivity contribution >= 4 is 17.3 Å². The molecular weight excluding hydrogens is 332 g/mol. The zero-order valence-electron chi connectivity index (χ0n) is 18.1. The van der Waals surface area contributed by atoms with Gasteiger partial charge < -0.3 is 9.80 Å². The highest BCUT2D eigenvalue weighted by molar-refractivity contribution is 5.77. The summed E-state index contributed by atoms with van der Waals surface area (Å²) in [4.78, 5) is 14.7. The molecule has 0 radical (unpaired) electrons. The molecule has 1 aromatic carbocycles. The quantitative estimate of drug-likeness (QED) is 0.667. The van der Waals surface area contributed by atoms with Gasteiger partial charge in [0.15, 0.2) is 0 Å². The summed E-state index contributed by atoms with van der Waals surface area (Å²) in [5, 5.41) is 0. The molecule has 146 valence electrons. The average molecular weight is 367 g/mol. The number of hydrogen-bond acceptors (Lipinski definition) is 4. The van der Waals surface area contributed by atoms with E-state index in [2.05, 4.69) is 63.5 Å². The van der Waals surface area contributed by atoms with Crippen molar-refractivity contribution in [2.24, 2.45) is 0 Å². The Morgan fingerprint density at radius 1 is 1.07 bits per heavy atom. The smallest absolute Gasteiger partial charge is 0.142 e. The number of hydrogen-bond donors (Lipinski definition) is 0. The zero-order valence-corrected chi connectivity index (χ0v) is 18.1. The van der Waals surface area contributed by atoms with Crippen LogP contribution in [0.15, 0.2) is 12.1 Å². The molecule has 1 aliphatic rings. The van der Waals surface area contributed by atoms with Gasteiger partial charge in [0, 0.05) is 36.8 Å². The summed E-state index contributed by atoms with van der Waals surface area (Å²) < 4.78 is 0. The summed E-state index contributed by atoms with van der Waals surface area (Å²) in [6.45, 7) is 18.4. The Morgan fingerprint density at radius 3 is 2.33 bits per heavy atom. The van der Waals surface area contributed by atoms with Crippen LogP contribution in [0.3, 0.4) is 0 Å². The average Bonchev–Trinajstić information content (AvgIpc) is 2.91. The molecule has 2 aromatic rings. The van der Waals surface area contributed by atoms with Crippen LogP contribution in [-0.4, -0.2) is 29.6 Å². The number of nitrogens with zero attached hydrogens (tertiary/aromatic N) is 4. The molecule has 0 bridgehead atoms. The monoisotopic (exact) mass is 366 g/mol. The highest BCUT2D eigenvalue weighted by Gasteiger charge is 2.34. The molecule has 0 N–H and O–H groups in total. The molecule has 0 amide bonds. The van der Waals surface area contributed by atoms with Crippen molar-refractivity contribution in [3.05, 3.63) is 40.2 Å². The number of aryl methyl sites for hydroxylation is 4. The van der Waals surface area contributed by atoms with Gasteiger partial charge >= 0.3 is 0 Å². The molecule has 0 aliphatic carbocycles. The molecule has 1 aromatic heterocycles. The minimum absolute atomic E-state index is 0.423. The summed E-state index contributed by atoms with van der Waals surface area (Å²) in [7, 11) is 0. The SMILES string of the molecule is CCCCN(CC)c1nc(C)nc2c1C(C)CN2c1c(C)cc(C)cc1C. The second-order valence-corrected chi connectivity index (χ2v) is 8.02. The summed E-state index contributed by atoms with van der Waals surface area (Å²) in [5.41, 5.74) is 6.59. The van der Waals surface area contributed by atoms with Crippen molar-refractivity contribution in [2.75, 3.05) is 29.4 Å². The van der Waals surface area contributed by atoms with Crippen LogP contribution in [0, 0.1) is 27.7 Å². The molecule has 3 rings (SSSR count). The van der Waals surface area contributed by atoms with Crippen molar-refractivity contribution in [2.45, 2.75) is 67.2 Å². The fourth-order valence-electron chi connectivity index (χ4n) is 4.45. The highest BCUT2D eigenvalue weighted by Crippen LogP contribution is 2.45. The Balaban J connectivity index is 2.13. The lowest BCUT2D eigenvalue weighted by Crippen LogP contribution is -2.27. The van der Waals surface area contributed by atoms with E-state index < -0.39 is 0 Å². The van der Waals surface area contributed by atoms with E-state index in [0.717, 1.165) is 37.1 Å². The van der Waals surface area contributed by atoms with E-state index in [-0.39, 0.29) is 0 Å². The molecule has 4 nitrogen and oxygen atoms in total. The predicted octanol–water partition coefficient (Wildman–Crippen LogP) is 5.59. The van der Waals surface area contributed by atoms with E-state index in [0.29, 0.717) is 5.92 Å². The van der Waals surface area contributed by atoms with Crippen molar-refractivity contribution in [1.29, 1.82) is 0 Å². The van der Waals surface area contributed by atoms with Gasteiger partial charge in [-0.3, -0.25) is 0 Å². The lowest BCUT2D eigenvalue weighted by atomic mass is 10.0. The Morgan fingerprint density at radius 2 is 1.74 bits per heavy atom. The first-order valence-corrected chi connectivity index (χ1v) is 10.4. The number of fused-ring (bicyclic) bond motifs is 1. The topological polar surface area (TPSA) is 32.3 Å². The Hall–Kier alpha value is -2.10. The van der Waals surface area contributed by atoms with Crippen molar-refractivity contribution in [3.8, 4) is 0 Å². The molecule has 0 spiro atoms. The Labute approximate surface area is 164 Å². The standard InChI is InChI=1S/C23H34N4/c1-8-10-11-26(9-2)22-20-18(6)14-27(23(20)25-19(7)24-22)21-16(4)12-15(3)13-17(21)5/h12-13,18H,8-11,14H2,1-7H3. The number of benzene rings is 1. The molecule has 0 fully saturated rings. The second kappa shape index (κ2) is 7.87. The van der Waals surface area contributed by atoms with E-state index in [1.165, 1.54) is 40.8 Å². The van der Waals surface area contributed by atoms with Gasteiger partial charge in [0.25, 0.3) is 0 Å². The maximum Gasteiger partial charge on any atom is 0.142 e. The summed E-state index contributed by atoms with van der Waals surface area (Å²) in [6, 6.07) is 4.55. The van der Waals surface area contributed by atoms with Gasteiger partial charge in [-0.15, -0.1) is 0 Å². The van der Waals surface area contributed by atoms with Gasteiger partial charge in [-0.25, -0.2) is 9.97 Å². The number of unbranched alkanes of at least 4 members (excludes halogenated alkanes) is 1. The fourth-order valence-corrected chi connectivity index (χ4v) is 4.45. The van der Waals surface area contributed by atoms with Crippen molar-refractivity contribution in [3.63, 3.8) is 0 Å². The van der Waals surface area contributed by atoms with Gasteiger partial charge in [-0.1, -0.05) is 38.0 Å². The molecule has 0 saturated heterocycles. The molecule has 1 aliphatic heterocycles. The van der Waals surface area contributed by atoms with Gasteiger partial charge in [-0.2, -0.15) is 0 Å². The zero-order chi connectivity index (χ0) is 19.7. The fraction of sp³-hybridized carbons (Fsp3) is 0.565. The van der Waals surface area contributed by atoms with Crippen LogP contribution < -0.4 is 9.80 Å². The normalized spacial score (nSPS) is 16.0. The van der Waals surface area contributed by atoms with Crippen LogP contribution in [0.5, 0.6) is 0 Å². The maximum atomic E-state index is 4.91. The molecule has 4 heteroatoms. The van der Waals surface area contributed by atoms with Crippen LogP contribution in [-0.2, 0) is 0 Å². The van der Waals surface area contributed by atoms with Gasteiger partial charge in [-0.05, 0) is 52.2 Å². The Bertz CT molecular complexity index is 804. The molecule has 1 unspecified atom stereocenters. The van der Waals surface area contributed by atoms with Crippen LogP contribution in [0.25, 0.3) is 0 Å². The van der Waals surface area contributed by atoms with Crippen LogP contribution in [0.1, 0.15) is 67.6 Å². The summed E-state index contributed by atoms with van der Waals surface area (Å²) in [6.07, 6.45) is 2.39. The third kappa shape index (κ3) is 3.67. The van der Waals surface area contributed by atoms with E-state index in [9.17, 15) is 0 Å². The third-order valence-corrected chi connectivity index (χ3v) is 5.59. The molecule has 1 atom stereocenters. The lowest BCUT2D eigenvalue weighted by molar-refractivity contribution is 0.711. The van der Waals surface area contributed by atoms with Gasteiger partial charge in [0.05, 0.1) is 0 Å². The predicted molar refractivity (Wildman–Crippen MR) is 116 cm³/mol. The number of aromatic nitrogens is 2. The van der Waals surface area contributed by atoms with Crippen LogP contribution in [0.2, 0.25) is 0 Å². The minimum atomic E-state index is 0.423. The van der Waals surface area contributed by atoms with E-state index in [1.807, 2.05) is 6.92 Å². The van der Waals surface area contributed by atoms with Gasteiger partial charge in [0.1, 0.15) is 17.5 Å². The number of rotatable bonds is 6. The highest BCUT2D eigenvalue weighted by atomic mass is 15.3. The number of anilines is 3. The largest absolute Gasteiger partial charge is 0.356 e. The lowest BCUT2D eigenvalue weighted by Gasteiger charge is -2.26. The molecular formula is C23H34N4. The first-order chi connectivity index (χ1) is 12.9. The Kier molecular flexibility index (Phi) is 5.73. The third-order valence-electron chi connectivity index (χ3n) is 5.59. The second-order valence-electron chi connectivity index (χ2n) is 8.02. The minimum Gasteiger partial charge on any atom is -0.356 e. The van der Waals surface area contributed by atoms with E-state index >= 15 is 0 Å². The first-order valence-electron chi connectivity index (χ1n) is 10.4.